The third kappa shape index (κ3) is 6.01. The molecule has 1 saturated heterocycles. The van der Waals surface area contributed by atoms with Crippen molar-refractivity contribution in [2.24, 2.45) is 0 Å². The number of hydrogen-bond acceptors (Lipinski definition) is 7. The van der Waals surface area contributed by atoms with E-state index in [9.17, 15) is 9.18 Å². The molecule has 0 aliphatic carbocycles. The molecule has 0 saturated carbocycles. The average Bonchev–Trinajstić information content (AvgIpc) is 3.28. The third-order valence-electron chi connectivity index (χ3n) is 6.05. The number of thioether (sulfide) groups is 1. The first-order valence-corrected chi connectivity index (χ1v) is 12.5. The Morgan fingerprint density at radius 1 is 1.03 bits per heavy atom. The van der Waals surface area contributed by atoms with Crippen LogP contribution in [-0.4, -0.2) is 71.2 Å². The van der Waals surface area contributed by atoms with Gasteiger partial charge < -0.3 is 15.0 Å². The van der Waals surface area contributed by atoms with Gasteiger partial charge in [-0.25, -0.2) is 4.39 Å². The van der Waals surface area contributed by atoms with E-state index < -0.39 is 5.25 Å². The van der Waals surface area contributed by atoms with E-state index in [-0.39, 0.29) is 17.8 Å². The molecular weight excluding hydrogens is 467 g/mol. The lowest BCUT2D eigenvalue weighted by molar-refractivity contribution is -0.115. The van der Waals surface area contributed by atoms with Gasteiger partial charge in [0.1, 0.15) is 5.82 Å². The minimum absolute atomic E-state index is 0.0315. The number of hydrogen-bond donors (Lipinski definition) is 1. The number of aromatic nitrogens is 3. The predicted molar refractivity (Wildman–Crippen MR) is 137 cm³/mol. The topological polar surface area (TPSA) is 75.5 Å². The van der Waals surface area contributed by atoms with Crippen LogP contribution in [0, 0.1) is 5.82 Å². The minimum Gasteiger partial charge on any atom is -0.378 e. The van der Waals surface area contributed by atoms with Crippen molar-refractivity contribution in [3.63, 3.8) is 0 Å². The lowest BCUT2D eigenvalue weighted by Gasteiger charge is -2.28. The van der Waals surface area contributed by atoms with E-state index >= 15 is 0 Å². The molecule has 1 fully saturated rings. The SMILES string of the molecule is CC(Sc1nnc(C(C)N(C)C)n1-c1ccc(F)cc1)C(=O)Nc1ccc(N2CCOCC2)cc1. The summed E-state index contributed by atoms with van der Waals surface area (Å²) in [5, 5.41) is 11.9. The maximum Gasteiger partial charge on any atom is 0.237 e. The normalized spacial score (nSPS) is 15.8. The van der Waals surface area contributed by atoms with Gasteiger partial charge in [-0.15, -0.1) is 10.2 Å². The fourth-order valence-electron chi connectivity index (χ4n) is 3.72. The molecule has 3 aromatic rings. The number of morpholine rings is 1. The Balaban J connectivity index is 1.48. The molecule has 1 aliphatic heterocycles. The van der Waals surface area contributed by atoms with Gasteiger partial charge in [0.2, 0.25) is 5.91 Å². The highest BCUT2D eigenvalue weighted by atomic mass is 32.2. The molecule has 1 aliphatic rings. The van der Waals surface area contributed by atoms with Crippen molar-refractivity contribution in [2.75, 3.05) is 50.6 Å². The van der Waals surface area contributed by atoms with Gasteiger partial charge in [0.05, 0.1) is 24.5 Å². The zero-order valence-electron chi connectivity index (χ0n) is 20.4. The van der Waals surface area contributed by atoms with Gasteiger partial charge in [-0.2, -0.15) is 0 Å². The van der Waals surface area contributed by atoms with Crippen molar-refractivity contribution in [1.29, 1.82) is 0 Å². The van der Waals surface area contributed by atoms with Gasteiger partial charge in [0.25, 0.3) is 0 Å². The quantitative estimate of drug-likeness (QED) is 0.471. The summed E-state index contributed by atoms with van der Waals surface area (Å²) in [5.74, 6) is 0.269. The highest BCUT2D eigenvalue weighted by molar-refractivity contribution is 8.00. The van der Waals surface area contributed by atoms with Gasteiger partial charge in [0, 0.05) is 30.2 Å². The Bertz CT molecular complexity index is 1130. The van der Waals surface area contributed by atoms with E-state index in [4.69, 9.17) is 4.74 Å². The second-order valence-corrected chi connectivity index (χ2v) is 10.00. The molecule has 10 heteroatoms. The number of nitrogens with zero attached hydrogens (tertiary/aromatic N) is 5. The summed E-state index contributed by atoms with van der Waals surface area (Å²) in [6.07, 6.45) is 0. The number of rotatable bonds is 8. The standard InChI is InChI=1S/C25H31FN6O2S/c1-17(30(3)4)23-28-29-25(32(23)22-9-5-19(26)6-10-22)35-18(2)24(33)27-20-7-11-21(12-8-20)31-13-15-34-16-14-31/h5-12,17-18H,13-16H2,1-4H3,(H,27,33). The molecule has 4 rings (SSSR count). The van der Waals surface area contributed by atoms with Gasteiger partial charge in [-0.1, -0.05) is 11.8 Å². The van der Waals surface area contributed by atoms with Crippen LogP contribution in [-0.2, 0) is 9.53 Å². The molecule has 2 atom stereocenters. The van der Waals surface area contributed by atoms with Gasteiger partial charge in [0.15, 0.2) is 11.0 Å². The first-order chi connectivity index (χ1) is 16.8. The first kappa shape index (κ1) is 25.2. The summed E-state index contributed by atoms with van der Waals surface area (Å²) in [4.78, 5) is 17.3. The van der Waals surface area contributed by atoms with Crippen LogP contribution in [0.25, 0.3) is 5.69 Å². The molecule has 0 bridgehead atoms. The first-order valence-electron chi connectivity index (χ1n) is 11.6. The molecule has 0 spiro atoms. The van der Waals surface area contributed by atoms with Crippen molar-refractivity contribution in [3.05, 3.63) is 60.2 Å². The van der Waals surface area contributed by atoms with Crippen LogP contribution in [0.5, 0.6) is 0 Å². The Hall–Kier alpha value is -2.95. The van der Waals surface area contributed by atoms with Crippen LogP contribution in [0.15, 0.2) is 53.7 Å². The summed E-state index contributed by atoms with van der Waals surface area (Å²) in [6, 6.07) is 14.0. The predicted octanol–water partition coefficient (Wildman–Crippen LogP) is 3.98. The van der Waals surface area contributed by atoms with Crippen LogP contribution in [0.2, 0.25) is 0 Å². The molecule has 2 heterocycles. The highest BCUT2D eigenvalue weighted by Gasteiger charge is 2.24. The zero-order valence-corrected chi connectivity index (χ0v) is 21.3. The Morgan fingerprint density at radius 2 is 1.66 bits per heavy atom. The molecule has 1 amide bonds. The van der Waals surface area contributed by atoms with Crippen molar-refractivity contribution < 1.29 is 13.9 Å². The lowest BCUT2D eigenvalue weighted by Crippen LogP contribution is -2.36. The van der Waals surface area contributed by atoms with Crippen LogP contribution in [0.4, 0.5) is 15.8 Å². The van der Waals surface area contributed by atoms with Crippen LogP contribution in [0.3, 0.4) is 0 Å². The van der Waals surface area contributed by atoms with Crippen LogP contribution >= 0.6 is 11.8 Å². The van der Waals surface area contributed by atoms with Crippen molar-refractivity contribution in [3.8, 4) is 5.69 Å². The molecule has 0 radical (unpaired) electrons. The number of anilines is 2. The van der Waals surface area contributed by atoms with Gasteiger partial charge in [-0.05, 0) is 76.5 Å². The lowest BCUT2D eigenvalue weighted by atomic mass is 10.2. The fraction of sp³-hybridized carbons (Fsp3) is 0.400. The van der Waals surface area contributed by atoms with E-state index in [1.165, 1.54) is 23.9 Å². The fourth-order valence-corrected chi connectivity index (χ4v) is 4.60. The molecular formula is C25H31FN6O2S. The summed E-state index contributed by atoms with van der Waals surface area (Å²) >= 11 is 1.32. The second-order valence-electron chi connectivity index (χ2n) is 8.69. The molecule has 186 valence electrons. The monoisotopic (exact) mass is 498 g/mol. The average molecular weight is 499 g/mol. The van der Waals surface area contributed by atoms with E-state index in [1.54, 1.807) is 12.1 Å². The number of carbonyl (C=O) groups is 1. The second kappa shape index (κ2) is 11.2. The van der Waals surface area contributed by atoms with Crippen LogP contribution in [0.1, 0.15) is 25.7 Å². The Labute approximate surface area is 209 Å². The molecule has 8 nitrogen and oxygen atoms in total. The maximum atomic E-state index is 13.6. The van der Waals surface area contributed by atoms with Crippen molar-refractivity contribution in [2.45, 2.75) is 30.3 Å². The minimum atomic E-state index is -0.431. The van der Waals surface area contributed by atoms with Crippen LogP contribution < -0.4 is 10.2 Å². The molecule has 2 aromatic carbocycles. The molecule has 2 unspecified atom stereocenters. The number of amides is 1. The summed E-state index contributed by atoms with van der Waals surface area (Å²) in [7, 11) is 3.92. The largest absolute Gasteiger partial charge is 0.378 e. The number of benzene rings is 2. The molecule has 35 heavy (non-hydrogen) atoms. The van der Waals surface area contributed by atoms with Crippen molar-refractivity contribution >= 4 is 29.0 Å². The zero-order chi connectivity index (χ0) is 24.9. The van der Waals surface area contributed by atoms with E-state index in [0.717, 1.165) is 49.2 Å². The summed E-state index contributed by atoms with van der Waals surface area (Å²) in [6.45, 7) is 7.04. The summed E-state index contributed by atoms with van der Waals surface area (Å²) in [5.41, 5.74) is 2.60. The maximum absolute atomic E-state index is 13.6. The molecule has 1 aromatic heterocycles. The van der Waals surface area contributed by atoms with Crippen molar-refractivity contribution in [1.82, 2.24) is 19.7 Å². The Morgan fingerprint density at radius 3 is 2.29 bits per heavy atom. The third-order valence-corrected chi connectivity index (χ3v) is 7.10. The van der Waals surface area contributed by atoms with Gasteiger partial charge >= 0.3 is 0 Å². The van der Waals surface area contributed by atoms with E-state index in [0.29, 0.717) is 5.16 Å². The number of ether oxygens (including phenoxy) is 1. The highest BCUT2D eigenvalue weighted by Crippen LogP contribution is 2.30. The number of nitrogens with one attached hydrogen (secondary N) is 1. The van der Waals surface area contributed by atoms with Gasteiger partial charge in [-0.3, -0.25) is 14.3 Å². The summed E-state index contributed by atoms with van der Waals surface area (Å²) < 4.78 is 20.8. The smallest absolute Gasteiger partial charge is 0.237 e. The van der Waals surface area contributed by atoms with E-state index in [1.807, 2.05) is 61.7 Å². The number of carbonyl (C=O) groups excluding carboxylic acids is 1. The number of halogens is 1. The molecule has 1 N–H and O–H groups in total. The Kier molecular flexibility index (Phi) is 8.04. The van der Waals surface area contributed by atoms with E-state index in [2.05, 4.69) is 20.4 Å².